The van der Waals surface area contributed by atoms with E-state index in [4.69, 9.17) is 12.2 Å². The van der Waals surface area contributed by atoms with Crippen LogP contribution in [-0.2, 0) is 4.79 Å². The monoisotopic (exact) mass is 360 g/mol. The van der Waals surface area contributed by atoms with E-state index >= 15 is 0 Å². The number of hydrazone groups is 1. The highest BCUT2D eigenvalue weighted by atomic mass is 127. The van der Waals surface area contributed by atoms with E-state index in [1.165, 1.54) is 0 Å². The van der Waals surface area contributed by atoms with Crippen LogP contribution < -0.4 is 16.1 Å². The molecule has 2 rings (SSSR count). The van der Waals surface area contributed by atoms with Crippen LogP contribution in [0.1, 0.15) is 0 Å². The fourth-order valence-electron chi connectivity index (χ4n) is 1.21. The summed E-state index contributed by atoms with van der Waals surface area (Å²) in [5.41, 5.74) is 4.03. The number of halogens is 1. The molecule has 0 saturated carbocycles. The van der Waals surface area contributed by atoms with Gasteiger partial charge in [-0.3, -0.25) is 15.5 Å². The van der Waals surface area contributed by atoms with Gasteiger partial charge >= 0.3 is 0 Å². The first kappa shape index (κ1) is 12.2. The summed E-state index contributed by atoms with van der Waals surface area (Å²) >= 11 is 7.03. The molecule has 0 atom stereocenters. The average molecular weight is 360 g/mol. The van der Waals surface area contributed by atoms with Crippen LogP contribution in [0.2, 0.25) is 0 Å². The Labute approximate surface area is 117 Å². The maximum atomic E-state index is 11.5. The molecule has 7 heteroatoms. The normalized spacial score (nSPS) is 17.6. The van der Waals surface area contributed by atoms with Gasteiger partial charge in [-0.2, -0.15) is 5.10 Å². The highest BCUT2D eigenvalue weighted by Crippen LogP contribution is 2.10. The summed E-state index contributed by atoms with van der Waals surface area (Å²) in [6.07, 6.45) is 0. The van der Waals surface area contributed by atoms with Crippen molar-refractivity contribution in [3.8, 4) is 0 Å². The van der Waals surface area contributed by atoms with E-state index in [-0.39, 0.29) is 5.91 Å². The number of benzene rings is 1. The molecule has 0 radical (unpaired) electrons. The molecule has 88 valence electrons. The number of nitrogens with zero attached hydrogens (tertiary/aromatic N) is 1. The fourth-order valence-corrected chi connectivity index (χ4v) is 1.73. The van der Waals surface area contributed by atoms with Gasteiger partial charge in [-0.15, -0.1) is 0 Å². The lowest BCUT2D eigenvalue weighted by molar-refractivity contribution is -0.113. The summed E-state index contributed by atoms with van der Waals surface area (Å²) in [6.45, 7) is 0.335. The summed E-state index contributed by atoms with van der Waals surface area (Å²) in [4.78, 5) is 11.5. The predicted molar refractivity (Wildman–Crippen MR) is 79.0 cm³/mol. The molecule has 0 unspecified atom stereocenters. The molecule has 1 aliphatic rings. The Balaban J connectivity index is 2.03. The molecule has 1 saturated heterocycles. The van der Waals surface area contributed by atoms with Crippen molar-refractivity contribution in [2.45, 2.75) is 0 Å². The minimum Gasteiger partial charge on any atom is -0.356 e. The first-order chi connectivity index (χ1) is 8.15. The lowest BCUT2D eigenvalue weighted by atomic mass is 10.3. The molecule has 1 aromatic rings. The molecule has 5 nitrogen and oxygen atoms in total. The van der Waals surface area contributed by atoms with Gasteiger partial charge in [0.15, 0.2) is 5.11 Å². The van der Waals surface area contributed by atoms with E-state index in [1.54, 1.807) is 0 Å². The minimum absolute atomic E-state index is 0.272. The number of anilines is 1. The van der Waals surface area contributed by atoms with Crippen LogP contribution in [0.3, 0.4) is 0 Å². The van der Waals surface area contributed by atoms with E-state index in [0.29, 0.717) is 17.4 Å². The third-order valence-electron chi connectivity index (χ3n) is 2.07. The fraction of sp³-hybridized carbons (Fsp3) is 0.100. The molecule has 1 aliphatic heterocycles. The number of thiocarbonyl (C=S) groups is 1. The smallest absolute Gasteiger partial charge is 0.275 e. The summed E-state index contributed by atoms with van der Waals surface area (Å²) < 4.78 is 1.14. The van der Waals surface area contributed by atoms with E-state index < -0.39 is 0 Å². The molecular weight excluding hydrogens is 351 g/mol. The highest BCUT2D eigenvalue weighted by Gasteiger charge is 2.18. The Kier molecular flexibility index (Phi) is 3.89. The van der Waals surface area contributed by atoms with Crippen molar-refractivity contribution in [3.63, 3.8) is 0 Å². The van der Waals surface area contributed by atoms with Crippen molar-refractivity contribution < 1.29 is 4.79 Å². The second-order valence-electron chi connectivity index (χ2n) is 3.31. The van der Waals surface area contributed by atoms with E-state index in [2.05, 4.69) is 43.8 Å². The SMILES string of the molecule is O=C1NC(=S)NC/C1=N\Nc1ccc(I)cc1. The number of carbonyl (C=O) groups is 1. The predicted octanol–water partition coefficient (Wildman–Crippen LogP) is 1.06. The minimum atomic E-state index is -0.272. The molecular formula is C10H9IN4OS. The number of rotatable bonds is 2. The summed E-state index contributed by atoms with van der Waals surface area (Å²) in [5, 5.41) is 9.68. The maximum absolute atomic E-state index is 11.5. The Morgan fingerprint density at radius 1 is 1.35 bits per heavy atom. The first-order valence-electron chi connectivity index (χ1n) is 4.82. The number of amides is 1. The molecule has 3 N–H and O–H groups in total. The Bertz CT molecular complexity index is 486. The third kappa shape index (κ3) is 3.37. The zero-order valence-electron chi connectivity index (χ0n) is 8.66. The van der Waals surface area contributed by atoms with Crippen molar-refractivity contribution >= 4 is 57.2 Å². The summed E-state index contributed by atoms with van der Waals surface area (Å²) in [7, 11) is 0. The van der Waals surface area contributed by atoms with Gasteiger partial charge in [0.2, 0.25) is 0 Å². The van der Waals surface area contributed by atoms with Crippen LogP contribution in [0.15, 0.2) is 29.4 Å². The maximum Gasteiger partial charge on any atom is 0.275 e. The Morgan fingerprint density at radius 2 is 2.06 bits per heavy atom. The second-order valence-corrected chi connectivity index (χ2v) is 4.97. The molecule has 1 heterocycles. The van der Waals surface area contributed by atoms with Gasteiger partial charge in [-0.25, -0.2) is 0 Å². The van der Waals surface area contributed by atoms with Gasteiger partial charge in [-0.1, -0.05) is 0 Å². The van der Waals surface area contributed by atoms with Crippen LogP contribution in [0.5, 0.6) is 0 Å². The Morgan fingerprint density at radius 3 is 2.71 bits per heavy atom. The van der Waals surface area contributed by atoms with Crippen LogP contribution in [0, 0.1) is 3.57 Å². The standard InChI is InChI=1S/C10H9IN4OS/c11-6-1-3-7(4-2-6)14-15-8-5-12-10(17)13-9(8)16/h1-4,14H,5H2,(H2,12,13,16,17)/b15-8+. The number of carbonyl (C=O) groups excluding carboxylic acids is 1. The lowest BCUT2D eigenvalue weighted by Crippen LogP contribution is -2.52. The highest BCUT2D eigenvalue weighted by molar-refractivity contribution is 14.1. The zero-order chi connectivity index (χ0) is 12.3. The Hall–Kier alpha value is -1.22. The van der Waals surface area contributed by atoms with Crippen molar-refractivity contribution in [2.24, 2.45) is 5.10 Å². The molecule has 0 aromatic heterocycles. The molecule has 0 spiro atoms. The van der Waals surface area contributed by atoms with E-state index in [0.717, 1.165) is 9.26 Å². The molecule has 0 bridgehead atoms. The zero-order valence-corrected chi connectivity index (χ0v) is 11.6. The molecule has 1 amide bonds. The van der Waals surface area contributed by atoms with Gasteiger partial charge in [0.05, 0.1) is 12.2 Å². The van der Waals surface area contributed by atoms with Gasteiger partial charge in [0.1, 0.15) is 5.71 Å². The van der Waals surface area contributed by atoms with E-state index in [1.807, 2.05) is 24.3 Å². The number of hydrogen-bond donors (Lipinski definition) is 3. The average Bonchev–Trinajstić information content (AvgIpc) is 2.30. The van der Waals surface area contributed by atoms with Crippen LogP contribution in [0.25, 0.3) is 0 Å². The molecule has 17 heavy (non-hydrogen) atoms. The molecule has 0 aliphatic carbocycles. The van der Waals surface area contributed by atoms with Gasteiger partial charge in [0.25, 0.3) is 5.91 Å². The van der Waals surface area contributed by atoms with Crippen molar-refractivity contribution in [1.29, 1.82) is 0 Å². The van der Waals surface area contributed by atoms with Crippen molar-refractivity contribution in [2.75, 3.05) is 12.0 Å². The number of nitrogens with one attached hydrogen (secondary N) is 3. The van der Waals surface area contributed by atoms with Crippen molar-refractivity contribution in [3.05, 3.63) is 27.8 Å². The van der Waals surface area contributed by atoms with Gasteiger partial charge in [-0.05, 0) is 59.1 Å². The number of hydrogen-bond acceptors (Lipinski definition) is 4. The molecule has 1 fully saturated rings. The topological polar surface area (TPSA) is 65.5 Å². The first-order valence-corrected chi connectivity index (χ1v) is 6.31. The quantitative estimate of drug-likeness (QED) is 0.419. The second kappa shape index (κ2) is 5.41. The largest absolute Gasteiger partial charge is 0.356 e. The third-order valence-corrected chi connectivity index (χ3v) is 3.04. The summed E-state index contributed by atoms with van der Waals surface area (Å²) in [5.74, 6) is -0.272. The van der Waals surface area contributed by atoms with Crippen molar-refractivity contribution in [1.82, 2.24) is 10.6 Å². The van der Waals surface area contributed by atoms with Crippen LogP contribution >= 0.6 is 34.8 Å². The van der Waals surface area contributed by atoms with E-state index in [9.17, 15) is 4.79 Å². The lowest BCUT2D eigenvalue weighted by Gasteiger charge is -2.16. The van der Waals surface area contributed by atoms with Gasteiger partial charge < -0.3 is 5.32 Å². The van der Waals surface area contributed by atoms with Crippen LogP contribution in [0.4, 0.5) is 5.69 Å². The van der Waals surface area contributed by atoms with Gasteiger partial charge in [0, 0.05) is 3.57 Å². The summed E-state index contributed by atoms with van der Waals surface area (Å²) in [6, 6.07) is 7.70. The molecule has 1 aromatic carbocycles. The van der Waals surface area contributed by atoms with Crippen LogP contribution in [-0.4, -0.2) is 23.3 Å².